The predicted molar refractivity (Wildman–Crippen MR) is 121 cm³/mol. The summed E-state index contributed by atoms with van der Waals surface area (Å²) in [6, 6.07) is 9.54. The molecule has 4 rings (SSSR count). The van der Waals surface area contributed by atoms with Crippen molar-refractivity contribution in [1.29, 1.82) is 5.26 Å². The van der Waals surface area contributed by atoms with Gasteiger partial charge in [0.05, 0.1) is 23.2 Å². The van der Waals surface area contributed by atoms with Crippen LogP contribution in [0.3, 0.4) is 0 Å². The van der Waals surface area contributed by atoms with Crippen LogP contribution in [0.15, 0.2) is 24.3 Å². The van der Waals surface area contributed by atoms with Crippen LogP contribution in [0.4, 0.5) is 5.00 Å². The second-order valence-corrected chi connectivity index (χ2v) is 9.32. The summed E-state index contributed by atoms with van der Waals surface area (Å²) in [5.41, 5.74) is 8.99. The lowest BCUT2D eigenvalue weighted by Gasteiger charge is -2.37. The van der Waals surface area contributed by atoms with Gasteiger partial charge in [0.2, 0.25) is 5.91 Å². The van der Waals surface area contributed by atoms with Crippen molar-refractivity contribution in [1.82, 2.24) is 9.80 Å². The number of anilines is 1. The van der Waals surface area contributed by atoms with Crippen molar-refractivity contribution in [3.8, 4) is 6.07 Å². The third-order valence-electron chi connectivity index (χ3n) is 6.23. The van der Waals surface area contributed by atoms with Gasteiger partial charge in [0, 0.05) is 37.6 Å². The summed E-state index contributed by atoms with van der Waals surface area (Å²) in [7, 11) is 0. The van der Waals surface area contributed by atoms with Crippen molar-refractivity contribution in [2.24, 2.45) is 5.73 Å². The van der Waals surface area contributed by atoms with Crippen LogP contribution < -0.4 is 11.1 Å². The molecule has 3 N–H and O–H groups in total. The van der Waals surface area contributed by atoms with E-state index in [0.717, 1.165) is 57.5 Å². The van der Waals surface area contributed by atoms with Crippen molar-refractivity contribution in [3.05, 3.63) is 51.4 Å². The number of nitrogens with one attached hydrogen (secondary N) is 1. The minimum atomic E-state index is -0.459. The number of benzene rings is 1. The third-order valence-corrected chi connectivity index (χ3v) is 7.43. The molecule has 0 radical (unpaired) electrons. The number of carbonyl (C=O) groups excluding carboxylic acids is 2. The zero-order valence-electron chi connectivity index (χ0n) is 17.7. The number of aryl methyl sites for hydroxylation is 1. The first kappa shape index (κ1) is 21.5. The highest BCUT2D eigenvalue weighted by atomic mass is 32.1. The summed E-state index contributed by atoms with van der Waals surface area (Å²) in [5.74, 6) is -0.554. The minimum absolute atomic E-state index is 0.0945. The second kappa shape index (κ2) is 9.18. The number of thiophene rings is 1. The largest absolute Gasteiger partial charge is 0.365 e. The Morgan fingerprint density at radius 1 is 1.19 bits per heavy atom. The van der Waals surface area contributed by atoms with Crippen LogP contribution in [0.1, 0.15) is 45.3 Å². The maximum Gasteiger partial charge on any atom is 0.251 e. The Bertz CT molecular complexity index is 1020. The summed E-state index contributed by atoms with van der Waals surface area (Å²) in [4.78, 5) is 30.6. The lowest BCUT2D eigenvalue weighted by atomic mass is 10.1. The molecule has 1 atom stereocenters. The molecule has 162 valence electrons. The summed E-state index contributed by atoms with van der Waals surface area (Å²) in [5, 5.41) is 12.5. The van der Waals surface area contributed by atoms with Gasteiger partial charge in [-0.05, 0) is 49.4 Å². The van der Waals surface area contributed by atoms with Crippen LogP contribution >= 0.6 is 11.3 Å². The van der Waals surface area contributed by atoms with Gasteiger partial charge in [-0.25, -0.2) is 0 Å². The molecule has 1 aromatic heterocycles. The Kier molecular flexibility index (Phi) is 6.37. The molecular formula is C23H27N5O2S. The van der Waals surface area contributed by atoms with Crippen LogP contribution in [-0.2, 0) is 24.2 Å². The number of nitrogens with zero attached hydrogens (tertiary/aromatic N) is 3. The molecule has 2 aliphatic rings. The molecule has 2 amide bonds. The predicted octanol–water partition coefficient (Wildman–Crippen LogP) is 2.35. The molecule has 1 aliphatic heterocycles. The van der Waals surface area contributed by atoms with Gasteiger partial charge in [-0.3, -0.25) is 19.4 Å². The molecular weight excluding hydrogens is 410 g/mol. The third kappa shape index (κ3) is 4.64. The van der Waals surface area contributed by atoms with E-state index in [1.54, 1.807) is 0 Å². The highest BCUT2D eigenvalue weighted by Crippen LogP contribution is 2.38. The Balaban J connectivity index is 1.32. The maximum atomic E-state index is 12.9. The van der Waals surface area contributed by atoms with E-state index in [1.165, 1.54) is 21.8 Å². The van der Waals surface area contributed by atoms with Gasteiger partial charge in [0.1, 0.15) is 5.00 Å². The molecule has 1 aromatic carbocycles. The number of primary amides is 1. The molecule has 1 fully saturated rings. The highest BCUT2D eigenvalue weighted by molar-refractivity contribution is 7.17. The lowest BCUT2D eigenvalue weighted by Crippen LogP contribution is -2.52. The fraction of sp³-hybridized carbons (Fsp3) is 0.435. The van der Waals surface area contributed by atoms with Crippen molar-refractivity contribution >= 4 is 28.2 Å². The fourth-order valence-corrected chi connectivity index (χ4v) is 5.68. The van der Waals surface area contributed by atoms with E-state index in [2.05, 4.69) is 21.2 Å². The van der Waals surface area contributed by atoms with Crippen molar-refractivity contribution in [2.45, 2.75) is 38.8 Å². The molecule has 0 unspecified atom stereocenters. The Morgan fingerprint density at radius 3 is 2.55 bits per heavy atom. The minimum Gasteiger partial charge on any atom is -0.365 e. The molecule has 7 nitrogen and oxygen atoms in total. The highest BCUT2D eigenvalue weighted by Gasteiger charge is 2.29. The SMILES string of the molecule is C[C@@H](C(=O)Nc1sc2c(c1C(N)=O)CCC2)N1CCN(Cc2ccc(C#N)cc2)CC1. The molecule has 2 heterocycles. The number of fused-ring (bicyclic) bond motifs is 1. The van der Waals surface area contributed by atoms with Crippen LogP contribution in [-0.4, -0.2) is 53.8 Å². The smallest absolute Gasteiger partial charge is 0.251 e. The molecule has 8 heteroatoms. The van der Waals surface area contributed by atoms with Gasteiger partial charge in [-0.15, -0.1) is 11.3 Å². The van der Waals surface area contributed by atoms with Crippen LogP contribution in [0.25, 0.3) is 0 Å². The zero-order valence-corrected chi connectivity index (χ0v) is 18.5. The second-order valence-electron chi connectivity index (χ2n) is 8.21. The number of nitrogens with two attached hydrogens (primary N) is 1. The molecule has 2 aromatic rings. The molecule has 31 heavy (non-hydrogen) atoms. The number of hydrogen-bond acceptors (Lipinski definition) is 6. The standard InChI is InChI=1S/C23H27N5O2S/c1-15(22(30)26-23-20(21(25)29)18-3-2-4-19(18)31-23)28-11-9-27(10-12-28)14-17-7-5-16(13-24)6-8-17/h5-8,15H,2-4,9-12,14H2,1H3,(H2,25,29)(H,26,30)/t15-/m0/s1. The lowest BCUT2D eigenvalue weighted by molar-refractivity contribution is -0.121. The van der Waals surface area contributed by atoms with Gasteiger partial charge < -0.3 is 11.1 Å². The normalized spacial score (nSPS) is 17.7. The summed E-state index contributed by atoms with van der Waals surface area (Å²) in [6.07, 6.45) is 2.85. The first-order valence-electron chi connectivity index (χ1n) is 10.7. The van der Waals surface area contributed by atoms with E-state index in [1.807, 2.05) is 31.2 Å². The average molecular weight is 438 g/mol. The number of carbonyl (C=O) groups is 2. The quantitative estimate of drug-likeness (QED) is 0.722. The summed E-state index contributed by atoms with van der Waals surface area (Å²) < 4.78 is 0. The number of piperazine rings is 1. The number of amides is 2. The molecule has 0 saturated carbocycles. The molecule has 0 bridgehead atoms. The van der Waals surface area contributed by atoms with E-state index in [0.29, 0.717) is 16.1 Å². The van der Waals surface area contributed by atoms with Gasteiger partial charge >= 0.3 is 0 Å². The number of hydrogen-bond donors (Lipinski definition) is 2. The van der Waals surface area contributed by atoms with Crippen LogP contribution in [0.2, 0.25) is 0 Å². The van der Waals surface area contributed by atoms with Crippen molar-refractivity contribution in [2.75, 3.05) is 31.5 Å². The molecule has 0 spiro atoms. The first-order valence-corrected chi connectivity index (χ1v) is 11.5. The van der Waals surface area contributed by atoms with Crippen molar-refractivity contribution in [3.63, 3.8) is 0 Å². The number of rotatable bonds is 6. The van der Waals surface area contributed by atoms with Gasteiger partial charge in [0.15, 0.2) is 0 Å². The van der Waals surface area contributed by atoms with Crippen LogP contribution in [0.5, 0.6) is 0 Å². The van der Waals surface area contributed by atoms with Gasteiger partial charge in [-0.1, -0.05) is 12.1 Å². The average Bonchev–Trinajstić information content (AvgIpc) is 3.35. The Hall–Kier alpha value is -2.73. The maximum absolute atomic E-state index is 12.9. The molecule has 1 saturated heterocycles. The van der Waals surface area contributed by atoms with E-state index >= 15 is 0 Å². The van der Waals surface area contributed by atoms with Crippen molar-refractivity contribution < 1.29 is 9.59 Å². The Morgan fingerprint density at radius 2 is 1.90 bits per heavy atom. The van der Waals surface area contributed by atoms with E-state index in [4.69, 9.17) is 11.0 Å². The topological polar surface area (TPSA) is 102 Å². The molecule has 1 aliphatic carbocycles. The van der Waals surface area contributed by atoms with E-state index in [9.17, 15) is 9.59 Å². The zero-order chi connectivity index (χ0) is 22.0. The van der Waals surface area contributed by atoms with Crippen LogP contribution in [0, 0.1) is 11.3 Å². The van der Waals surface area contributed by atoms with Gasteiger partial charge in [-0.2, -0.15) is 5.26 Å². The van der Waals surface area contributed by atoms with E-state index in [-0.39, 0.29) is 11.9 Å². The van der Waals surface area contributed by atoms with E-state index < -0.39 is 5.91 Å². The number of nitriles is 1. The summed E-state index contributed by atoms with van der Waals surface area (Å²) in [6.45, 7) is 6.09. The Labute approximate surface area is 186 Å². The summed E-state index contributed by atoms with van der Waals surface area (Å²) >= 11 is 1.49. The monoisotopic (exact) mass is 437 g/mol. The van der Waals surface area contributed by atoms with Gasteiger partial charge in [0.25, 0.3) is 5.91 Å². The first-order chi connectivity index (χ1) is 15.0. The fourth-order valence-electron chi connectivity index (χ4n) is 4.39.